The smallest absolute Gasteiger partial charge is 0.382 e. The van der Waals surface area contributed by atoms with E-state index in [2.05, 4.69) is 19.8 Å². The maximum absolute atomic E-state index is 10.7. The summed E-state index contributed by atoms with van der Waals surface area (Å²) in [7, 11) is -4.47. The number of hydrogen-bond acceptors (Lipinski definition) is 7. The van der Waals surface area contributed by atoms with Crippen LogP contribution in [-0.4, -0.2) is 44.6 Å². The van der Waals surface area contributed by atoms with E-state index in [4.69, 9.17) is 20.3 Å². The molecule has 2 aliphatic heterocycles. The molecule has 0 radical (unpaired) electrons. The van der Waals surface area contributed by atoms with Crippen molar-refractivity contribution in [2.24, 2.45) is 10.7 Å². The van der Waals surface area contributed by atoms with Crippen molar-refractivity contribution in [1.82, 2.24) is 9.55 Å². The highest BCUT2D eigenvalue weighted by Gasteiger charge is 2.31. The van der Waals surface area contributed by atoms with E-state index in [-0.39, 0.29) is 18.9 Å². The van der Waals surface area contributed by atoms with Gasteiger partial charge in [-0.25, -0.2) is 14.5 Å². The molecule has 0 bridgehead atoms. The standard InChI is InChI=1S/C10H16N5O5P/c11-9-8-10(13-4-12-9)15(5-14-8)7-2-1-6(20-7)3-19-21(16,17)18/h5-7,13H,1-4H2,(H2,11,12)(H2,16,17,18)/t6-,7+/m0/s1. The van der Waals surface area contributed by atoms with Crippen LogP contribution in [0.2, 0.25) is 0 Å². The average molecular weight is 317 g/mol. The molecular formula is C10H16N5O5P. The Kier molecular flexibility index (Phi) is 3.72. The van der Waals surface area contributed by atoms with E-state index in [0.29, 0.717) is 31.0 Å². The second-order valence-electron chi connectivity index (χ2n) is 4.80. The highest BCUT2D eigenvalue weighted by Crippen LogP contribution is 2.38. The molecule has 2 aliphatic rings. The first-order valence-corrected chi connectivity index (χ1v) is 7.93. The zero-order chi connectivity index (χ0) is 15.0. The Morgan fingerprint density at radius 1 is 1.57 bits per heavy atom. The highest BCUT2D eigenvalue weighted by molar-refractivity contribution is 7.46. The Bertz CT molecular complexity index is 611. The molecule has 0 amide bonds. The zero-order valence-corrected chi connectivity index (χ0v) is 11.9. The van der Waals surface area contributed by atoms with Gasteiger partial charge in [-0.2, -0.15) is 0 Å². The molecule has 0 aliphatic carbocycles. The van der Waals surface area contributed by atoms with Crippen molar-refractivity contribution in [1.29, 1.82) is 0 Å². The summed E-state index contributed by atoms with van der Waals surface area (Å²) in [5, 5.41) is 3.09. The van der Waals surface area contributed by atoms with Crippen LogP contribution in [0, 0.1) is 0 Å². The molecule has 1 fully saturated rings. The monoisotopic (exact) mass is 317 g/mol. The molecule has 0 aromatic carbocycles. The van der Waals surface area contributed by atoms with E-state index in [1.165, 1.54) is 0 Å². The molecular weight excluding hydrogens is 301 g/mol. The first-order chi connectivity index (χ1) is 9.94. The van der Waals surface area contributed by atoms with Crippen LogP contribution in [0.15, 0.2) is 11.3 Å². The summed E-state index contributed by atoms with van der Waals surface area (Å²) in [6.07, 6.45) is 2.31. The van der Waals surface area contributed by atoms with Gasteiger partial charge < -0.3 is 25.6 Å². The van der Waals surface area contributed by atoms with Gasteiger partial charge in [0, 0.05) is 0 Å². The van der Waals surface area contributed by atoms with Crippen molar-refractivity contribution in [2.45, 2.75) is 25.2 Å². The first kappa shape index (κ1) is 14.5. The second-order valence-corrected chi connectivity index (χ2v) is 6.04. The molecule has 1 saturated heterocycles. The third-order valence-electron chi connectivity index (χ3n) is 3.36. The Morgan fingerprint density at radius 3 is 3.14 bits per heavy atom. The quantitative estimate of drug-likeness (QED) is 0.557. The largest absolute Gasteiger partial charge is 0.469 e. The summed E-state index contributed by atoms with van der Waals surface area (Å²) in [5.41, 5.74) is 6.35. The molecule has 5 N–H and O–H groups in total. The molecule has 3 rings (SSSR count). The number of nitrogens with zero attached hydrogens (tertiary/aromatic N) is 3. The molecule has 3 heterocycles. The molecule has 0 saturated carbocycles. The van der Waals surface area contributed by atoms with E-state index in [0.717, 1.165) is 5.82 Å². The maximum Gasteiger partial charge on any atom is 0.469 e. The zero-order valence-electron chi connectivity index (χ0n) is 11.0. The predicted octanol–water partition coefficient (Wildman–Crippen LogP) is -0.242. The van der Waals surface area contributed by atoms with Crippen LogP contribution in [0.1, 0.15) is 24.8 Å². The molecule has 116 valence electrons. The number of phosphoric acid groups is 1. The van der Waals surface area contributed by atoms with Crippen molar-refractivity contribution < 1.29 is 23.6 Å². The van der Waals surface area contributed by atoms with Crippen molar-refractivity contribution in [2.75, 3.05) is 18.6 Å². The summed E-state index contributed by atoms with van der Waals surface area (Å²) >= 11 is 0. The Labute approximate surface area is 120 Å². The van der Waals surface area contributed by atoms with E-state index >= 15 is 0 Å². The minimum absolute atomic E-state index is 0.144. The third kappa shape index (κ3) is 3.09. The number of aliphatic imine (C=N–C) groups is 1. The number of ether oxygens (including phenoxy) is 1. The van der Waals surface area contributed by atoms with E-state index in [9.17, 15) is 4.57 Å². The van der Waals surface area contributed by atoms with E-state index in [1.54, 1.807) is 6.33 Å². The number of anilines is 1. The van der Waals surface area contributed by atoms with Crippen LogP contribution in [0.3, 0.4) is 0 Å². The number of nitrogens with two attached hydrogens (primary N) is 1. The van der Waals surface area contributed by atoms with Crippen molar-refractivity contribution in [3.05, 3.63) is 12.0 Å². The predicted molar refractivity (Wildman–Crippen MR) is 72.6 cm³/mol. The summed E-state index contributed by atoms with van der Waals surface area (Å²) in [6, 6.07) is 0. The Balaban J connectivity index is 1.67. The Hall–Kier alpha value is -1.45. The minimum atomic E-state index is -4.47. The van der Waals surface area contributed by atoms with Gasteiger partial charge in [-0.15, -0.1) is 0 Å². The number of amidine groups is 1. The summed E-state index contributed by atoms with van der Waals surface area (Å²) in [5.74, 6) is 1.12. The number of fused-ring (bicyclic) bond motifs is 1. The molecule has 11 heteroatoms. The number of phosphoric ester groups is 1. The molecule has 10 nitrogen and oxygen atoms in total. The maximum atomic E-state index is 10.7. The minimum Gasteiger partial charge on any atom is -0.382 e. The third-order valence-corrected chi connectivity index (χ3v) is 3.84. The number of aromatic nitrogens is 2. The molecule has 1 aromatic rings. The van der Waals surface area contributed by atoms with Crippen LogP contribution in [0.25, 0.3) is 0 Å². The fraction of sp³-hybridized carbons (Fsp3) is 0.600. The molecule has 0 unspecified atom stereocenters. The fourth-order valence-electron chi connectivity index (χ4n) is 2.41. The Morgan fingerprint density at radius 2 is 2.38 bits per heavy atom. The lowest BCUT2D eigenvalue weighted by Gasteiger charge is -2.19. The van der Waals surface area contributed by atoms with Crippen molar-refractivity contribution in [3.63, 3.8) is 0 Å². The van der Waals surface area contributed by atoms with Gasteiger partial charge in [0.25, 0.3) is 0 Å². The van der Waals surface area contributed by atoms with Gasteiger partial charge in [0.05, 0.1) is 19.0 Å². The lowest BCUT2D eigenvalue weighted by atomic mass is 10.2. The van der Waals surface area contributed by atoms with Crippen LogP contribution >= 0.6 is 7.82 Å². The van der Waals surface area contributed by atoms with Crippen LogP contribution in [-0.2, 0) is 13.8 Å². The summed E-state index contributed by atoms with van der Waals surface area (Å²) in [6.45, 7) is 0.233. The molecule has 1 aromatic heterocycles. The fourth-order valence-corrected chi connectivity index (χ4v) is 2.77. The van der Waals surface area contributed by atoms with Crippen molar-refractivity contribution in [3.8, 4) is 0 Å². The topological polar surface area (TPSA) is 144 Å². The lowest BCUT2D eigenvalue weighted by molar-refractivity contribution is -0.0212. The second kappa shape index (κ2) is 5.39. The molecule has 0 spiro atoms. The van der Waals surface area contributed by atoms with Crippen LogP contribution in [0.4, 0.5) is 5.82 Å². The lowest BCUT2D eigenvalue weighted by Crippen LogP contribution is -2.24. The van der Waals surface area contributed by atoms with Crippen molar-refractivity contribution >= 4 is 19.5 Å². The number of nitrogens with one attached hydrogen (secondary N) is 1. The van der Waals surface area contributed by atoms with Gasteiger partial charge in [-0.05, 0) is 12.8 Å². The van der Waals surface area contributed by atoms with Gasteiger partial charge >= 0.3 is 7.82 Å². The summed E-state index contributed by atoms with van der Waals surface area (Å²) in [4.78, 5) is 25.6. The average Bonchev–Trinajstić information content (AvgIpc) is 3.02. The van der Waals surface area contributed by atoms with Gasteiger partial charge in [-0.1, -0.05) is 0 Å². The number of imidazole rings is 1. The van der Waals surface area contributed by atoms with Crippen LogP contribution in [0.5, 0.6) is 0 Å². The summed E-state index contributed by atoms with van der Waals surface area (Å²) < 4.78 is 22.7. The van der Waals surface area contributed by atoms with Gasteiger partial charge in [-0.3, -0.25) is 9.09 Å². The molecule has 21 heavy (non-hydrogen) atoms. The SMILES string of the molecule is NC1=NCNc2c1ncn2[C@H]1CC[C@@H](COP(=O)(O)O)O1. The molecule has 2 atom stereocenters. The number of hydrogen-bond donors (Lipinski definition) is 4. The van der Waals surface area contributed by atoms with Gasteiger partial charge in [0.15, 0.2) is 0 Å². The number of rotatable bonds is 4. The highest BCUT2D eigenvalue weighted by atomic mass is 31.2. The van der Waals surface area contributed by atoms with Gasteiger partial charge in [0.1, 0.15) is 30.2 Å². The van der Waals surface area contributed by atoms with Gasteiger partial charge in [0.2, 0.25) is 0 Å². The van der Waals surface area contributed by atoms with E-state index in [1.807, 2.05) is 4.57 Å². The van der Waals surface area contributed by atoms with Crippen LogP contribution < -0.4 is 11.1 Å². The first-order valence-electron chi connectivity index (χ1n) is 6.40. The van der Waals surface area contributed by atoms with E-state index < -0.39 is 7.82 Å². The normalized spacial score (nSPS) is 25.3.